The van der Waals surface area contributed by atoms with Gasteiger partial charge in [0, 0.05) is 19.8 Å². The summed E-state index contributed by atoms with van der Waals surface area (Å²) in [5.74, 6) is 0.0210. The van der Waals surface area contributed by atoms with Gasteiger partial charge in [0.1, 0.15) is 5.75 Å². The number of carbonyl (C=O) groups is 1. The fraction of sp³-hybridized carbons (Fsp3) is 0.650. The molecule has 0 aromatic heterocycles. The maximum Gasteiger partial charge on any atom is 0.313 e. The highest BCUT2D eigenvalue weighted by Crippen LogP contribution is 2.25. The lowest BCUT2D eigenvalue weighted by Crippen LogP contribution is -2.13. The van der Waals surface area contributed by atoms with Gasteiger partial charge in [0.15, 0.2) is 0 Å². The molecule has 0 N–H and O–H groups in total. The van der Waals surface area contributed by atoms with E-state index in [0.29, 0.717) is 30.6 Å². The van der Waals surface area contributed by atoms with Gasteiger partial charge in [-0.05, 0) is 50.3 Å². The van der Waals surface area contributed by atoms with Gasteiger partial charge in [-0.15, -0.1) is 0 Å². The summed E-state index contributed by atoms with van der Waals surface area (Å²) >= 11 is 6.03. The number of hydrogen-bond donors (Lipinski definition) is 0. The van der Waals surface area contributed by atoms with Gasteiger partial charge in [-0.2, -0.15) is 0 Å². The number of aryl methyl sites for hydroxylation is 1. The van der Waals surface area contributed by atoms with Gasteiger partial charge < -0.3 is 18.9 Å². The van der Waals surface area contributed by atoms with Crippen molar-refractivity contribution in [2.45, 2.75) is 46.0 Å². The highest BCUT2D eigenvalue weighted by Gasteiger charge is 2.08. The fourth-order valence-electron chi connectivity index (χ4n) is 2.17. The molecule has 6 heteroatoms. The summed E-state index contributed by atoms with van der Waals surface area (Å²) in [4.78, 5) is 11.7. The number of benzene rings is 1. The summed E-state index contributed by atoms with van der Waals surface area (Å²) in [6.45, 7) is 7.75. The van der Waals surface area contributed by atoms with Crippen LogP contribution in [0.5, 0.6) is 5.75 Å². The van der Waals surface area contributed by atoms with Gasteiger partial charge in [-0.3, -0.25) is 4.79 Å². The largest absolute Gasteiger partial charge is 0.425 e. The first-order chi connectivity index (χ1) is 12.6. The van der Waals surface area contributed by atoms with Crippen LogP contribution >= 0.6 is 11.6 Å². The van der Waals surface area contributed by atoms with Crippen LogP contribution in [0.2, 0.25) is 5.02 Å². The van der Waals surface area contributed by atoms with E-state index in [2.05, 4.69) is 6.92 Å². The Bertz CT molecular complexity index is 507. The van der Waals surface area contributed by atoms with E-state index >= 15 is 0 Å². The highest BCUT2D eigenvalue weighted by atomic mass is 35.5. The lowest BCUT2D eigenvalue weighted by molar-refractivity contribution is -0.135. The molecule has 0 spiro atoms. The molecule has 0 saturated heterocycles. The highest BCUT2D eigenvalue weighted by molar-refractivity contribution is 6.32. The lowest BCUT2D eigenvalue weighted by atomic mass is 10.2. The summed E-state index contributed by atoms with van der Waals surface area (Å²) < 4.78 is 21.5. The zero-order chi connectivity index (χ0) is 19.0. The summed E-state index contributed by atoms with van der Waals surface area (Å²) in [5.41, 5.74) is 1.02. The maximum absolute atomic E-state index is 11.7. The summed E-state index contributed by atoms with van der Waals surface area (Å²) in [6, 6.07) is 5.30. The smallest absolute Gasteiger partial charge is 0.313 e. The van der Waals surface area contributed by atoms with E-state index in [9.17, 15) is 4.79 Å². The number of hydrogen-bond acceptors (Lipinski definition) is 5. The second kappa shape index (κ2) is 15.0. The Morgan fingerprint density at radius 2 is 1.58 bits per heavy atom. The maximum atomic E-state index is 11.7. The van der Waals surface area contributed by atoms with Gasteiger partial charge in [0.25, 0.3) is 0 Å². The van der Waals surface area contributed by atoms with Crippen molar-refractivity contribution in [2.75, 3.05) is 39.6 Å². The Morgan fingerprint density at radius 1 is 0.923 bits per heavy atom. The van der Waals surface area contributed by atoms with Crippen LogP contribution in [-0.4, -0.2) is 45.6 Å². The van der Waals surface area contributed by atoms with Crippen molar-refractivity contribution in [3.63, 3.8) is 0 Å². The predicted octanol–water partition coefficient (Wildman–Crippen LogP) is 4.57. The molecule has 1 aromatic rings. The summed E-state index contributed by atoms with van der Waals surface area (Å²) in [6.07, 6.45) is 4.46. The van der Waals surface area contributed by atoms with Crippen LogP contribution in [0.15, 0.2) is 18.2 Å². The average molecular weight is 387 g/mol. The van der Waals surface area contributed by atoms with E-state index in [0.717, 1.165) is 51.1 Å². The summed E-state index contributed by atoms with van der Waals surface area (Å²) in [7, 11) is 0. The Morgan fingerprint density at radius 3 is 2.23 bits per heavy atom. The van der Waals surface area contributed by atoms with Gasteiger partial charge in [0.2, 0.25) is 0 Å². The zero-order valence-corrected chi connectivity index (χ0v) is 16.7. The third-order valence-corrected chi connectivity index (χ3v) is 3.85. The number of ether oxygens (including phenoxy) is 4. The molecule has 0 radical (unpaired) electrons. The molecule has 26 heavy (non-hydrogen) atoms. The Hall–Kier alpha value is -1.14. The van der Waals surface area contributed by atoms with Crippen molar-refractivity contribution in [1.82, 2.24) is 0 Å². The molecule has 148 valence electrons. The molecule has 0 fully saturated rings. The van der Waals surface area contributed by atoms with Crippen molar-refractivity contribution in [3.05, 3.63) is 28.8 Å². The SMILES string of the molecule is CCCOCCCCCOCCOCCC(=O)Oc1ccc(C)cc1Cl. The van der Waals surface area contributed by atoms with Crippen molar-refractivity contribution in [2.24, 2.45) is 0 Å². The van der Waals surface area contributed by atoms with Gasteiger partial charge in [-0.1, -0.05) is 24.6 Å². The molecule has 5 nitrogen and oxygen atoms in total. The van der Waals surface area contributed by atoms with Crippen LogP contribution in [0.1, 0.15) is 44.6 Å². The second-order valence-electron chi connectivity index (χ2n) is 6.06. The first-order valence-corrected chi connectivity index (χ1v) is 9.71. The van der Waals surface area contributed by atoms with Crippen LogP contribution < -0.4 is 4.74 Å². The zero-order valence-electron chi connectivity index (χ0n) is 15.9. The third kappa shape index (κ3) is 11.5. The molecule has 0 aliphatic heterocycles. The van der Waals surface area contributed by atoms with E-state index in [-0.39, 0.29) is 12.4 Å². The third-order valence-electron chi connectivity index (χ3n) is 3.56. The van der Waals surface area contributed by atoms with E-state index in [4.69, 9.17) is 30.5 Å². The lowest BCUT2D eigenvalue weighted by Gasteiger charge is -2.08. The van der Waals surface area contributed by atoms with Crippen LogP contribution in [-0.2, 0) is 19.0 Å². The molecule has 0 unspecified atom stereocenters. The first kappa shape index (κ1) is 22.9. The number of carbonyl (C=O) groups excluding carboxylic acids is 1. The van der Waals surface area contributed by atoms with E-state index in [1.165, 1.54) is 0 Å². The van der Waals surface area contributed by atoms with E-state index < -0.39 is 0 Å². The Labute approximate surface area is 161 Å². The normalized spacial score (nSPS) is 10.9. The van der Waals surface area contributed by atoms with Crippen LogP contribution in [0.25, 0.3) is 0 Å². The number of unbranched alkanes of at least 4 members (excludes halogenated alkanes) is 2. The van der Waals surface area contributed by atoms with Gasteiger partial charge in [-0.25, -0.2) is 0 Å². The summed E-state index contributed by atoms with van der Waals surface area (Å²) in [5, 5.41) is 0.435. The van der Waals surface area contributed by atoms with E-state index in [1.54, 1.807) is 12.1 Å². The minimum absolute atomic E-state index is 0.183. The minimum Gasteiger partial charge on any atom is -0.425 e. The molecule has 1 aromatic carbocycles. The molecule has 0 aliphatic rings. The molecular weight excluding hydrogens is 356 g/mol. The number of esters is 1. The molecule has 1 rings (SSSR count). The number of halogens is 1. The van der Waals surface area contributed by atoms with Crippen molar-refractivity contribution >= 4 is 17.6 Å². The Kier molecular flexibility index (Phi) is 13.2. The Balaban J connectivity index is 1.92. The van der Waals surface area contributed by atoms with Crippen molar-refractivity contribution in [1.29, 1.82) is 0 Å². The van der Waals surface area contributed by atoms with Crippen molar-refractivity contribution < 1.29 is 23.7 Å². The predicted molar refractivity (Wildman–Crippen MR) is 103 cm³/mol. The molecule has 0 amide bonds. The molecule has 0 atom stereocenters. The van der Waals surface area contributed by atoms with Gasteiger partial charge >= 0.3 is 5.97 Å². The van der Waals surface area contributed by atoms with Crippen molar-refractivity contribution in [3.8, 4) is 5.75 Å². The quantitative estimate of drug-likeness (QED) is 0.251. The first-order valence-electron chi connectivity index (χ1n) is 9.33. The molecular formula is C20H31ClO5. The van der Waals surface area contributed by atoms with Crippen LogP contribution in [0, 0.1) is 6.92 Å². The number of rotatable bonds is 15. The van der Waals surface area contributed by atoms with Crippen LogP contribution in [0.4, 0.5) is 0 Å². The van der Waals surface area contributed by atoms with E-state index in [1.807, 2.05) is 13.0 Å². The monoisotopic (exact) mass is 386 g/mol. The molecule has 0 saturated carbocycles. The molecule has 0 aliphatic carbocycles. The fourth-order valence-corrected chi connectivity index (χ4v) is 2.44. The van der Waals surface area contributed by atoms with Gasteiger partial charge in [0.05, 0.1) is 31.3 Å². The standard InChI is InChI=1S/C20H31ClO5/c1-3-10-23-11-5-4-6-12-24-14-15-25-13-9-20(22)26-19-8-7-17(2)16-18(19)21/h7-8,16H,3-6,9-15H2,1-2H3. The second-order valence-corrected chi connectivity index (χ2v) is 6.46. The molecule has 0 bridgehead atoms. The average Bonchev–Trinajstić information content (AvgIpc) is 2.61. The molecule has 0 heterocycles. The topological polar surface area (TPSA) is 54.0 Å². The minimum atomic E-state index is -0.359. The van der Waals surface area contributed by atoms with Crippen LogP contribution in [0.3, 0.4) is 0 Å².